The van der Waals surface area contributed by atoms with E-state index in [0.29, 0.717) is 24.0 Å². The second kappa shape index (κ2) is 6.59. The summed E-state index contributed by atoms with van der Waals surface area (Å²) in [6.45, 7) is 3.45. The number of nitrogens with zero attached hydrogens (tertiary/aromatic N) is 1. The van der Waals surface area contributed by atoms with Gasteiger partial charge in [-0.15, -0.1) is 6.58 Å². The highest BCUT2D eigenvalue weighted by atomic mass is 16.3. The Morgan fingerprint density at radius 2 is 1.79 bits per heavy atom. The van der Waals surface area contributed by atoms with Gasteiger partial charge in [-0.25, -0.2) is 0 Å². The molecule has 0 fully saturated rings. The van der Waals surface area contributed by atoms with E-state index < -0.39 is 11.8 Å². The van der Waals surface area contributed by atoms with Gasteiger partial charge in [0.25, 0.3) is 5.91 Å². The second-order valence-corrected chi connectivity index (χ2v) is 5.97. The molecule has 0 saturated heterocycles. The third-order valence-corrected chi connectivity index (χ3v) is 4.57. The zero-order chi connectivity index (χ0) is 17.2. The Balaban J connectivity index is 2.11. The molecule has 2 atom stereocenters. The molecule has 0 aromatic heterocycles. The number of amides is 1. The van der Waals surface area contributed by atoms with E-state index in [9.17, 15) is 15.0 Å². The van der Waals surface area contributed by atoms with Gasteiger partial charge in [0, 0.05) is 17.5 Å². The number of fused-ring (bicyclic) bond motifs is 1. The van der Waals surface area contributed by atoms with E-state index in [1.54, 1.807) is 24.3 Å². The van der Waals surface area contributed by atoms with E-state index >= 15 is 0 Å². The SMILES string of the molecule is C=CCC[C@]1(O)c2ccccc2C(=O)N1[C@@H](CO)c1ccccc1. The molecule has 24 heavy (non-hydrogen) atoms. The Hall–Kier alpha value is -2.43. The van der Waals surface area contributed by atoms with Crippen molar-refractivity contribution in [3.8, 4) is 0 Å². The quantitative estimate of drug-likeness (QED) is 0.804. The highest BCUT2D eigenvalue weighted by molar-refractivity contribution is 6.00. The molecule has 1 aliphatic rings. The summed E-state index contributed by atoms with van der Waals surface area (Å²) < 4.78 is 0. The van der Waals surface area contributed by atoms with Crippen molar-refractivity contribution in [3.63, 3.8) is 0 Å². The molecule has 2 aromatic rings. The normalized spacial score (nSPS) is 20.8. The standard InChI is InChI=1S/C20H21NO3/c1-2-3-13-20(24)17-12-8-7-11-16(17)19(23)21(20)18(14-22)15-9-5-4-6-10-15/h2,4-12,18,22,24H,1,3,13-14H2/t18-,20-/m0/s1. The Labute approximate surface area is 141 Å². The van der Waals surface area contributed by atoms with E-state index in [1.165, 1.54) is 4.90 Å². The van der Waals surface area contributed by atoms with Gasteiger partial charge >= 0.3 is 0 Å². The summed E-state index contributed by atoms with van der Waals surface area (Å²) in [7, 11) is 0. The molecule has 1 heterocycles. The highest BCUT2D eigenvalue weighted by Crippen LogP contribution is 2.45. The first-order valence-corrected chi connectivity index (χ1v) is 8.05. The molecule has 2 aromatic carbocycles. The van der Waals surface area contributed by atoms with Crippen LogP contribution in [0.2, 0.25) is 0 Å². The van der Waals surface area contributed by atoms with Gasteiger partial charge in [-0.05, 0) is 18.1 Å². The molecule has 4 nitrogen and oxygen atoms in total. The fourth-order valence-corrected chi connectivity index (χ4v) is 3.42. The lowest BCUT2D eigenvalue weighted by molar-refractivity contribution is -0.115. The molecule has 0 spiro atoms. The van der Waals surface area contributed by atoms with Crippen LogP contribution in [-0.2, 0) is 5.72 Å². The summed E-state index contributed by atoms with van der Waals surface area (Å²) in [6, 6.07) is 15.8. The highest BCUT2D eigenvalue weighted by Gasteiger charge is 2.50. The summed E-state index contributed by atoms with van der Waals surface area (Å²) in [5, 5.41) is 21.4. The van der Waals surface area contributed by atoms with Crippen LogP contribution in [0.3, 0.4) is 0 Å². The van der Waals surface area contributed by atoms with Crippen LogP contribution in [0.25, 0.3) is 0 Å². The first-order chi connectivity index (χ1) is 11.6. The summed E-state index contributed by atoms with van der Waals surface area (Å²) in [5.41, 5.74) is 0.410. The number of carbonyl (C=O) groups excluding carboxylic acids is 1. The maximum Gasteiger partial charge on any atom is 0.257 e. The van der Waals surface area contributed by atoms with Gasteiger partial charge in [-0.1, -0.05) is 54.6 Å². The smallest absolute Gasteiger partial charge is 0.257 e. The number of aliphatic hydroxyl groups excluding tert-OH is 1. The van der Waals surface area contributed by atoms with Crippen LogP contribution in [0.4, 0.5) is 0 Å². The van der Waals surface area contributed by atoms with Crippen molar-refractivity contribution in [2.75, 3.05) is 6.61 Å². The summed E-state index contributed by atoms with van der Waals surface area (Å²) in [6.07, 6.45) is 2.61. The monoisotopic (exact) mass is 323 g/mol. The maximum absolute atomic E-state index is 13.0. The largest absolute Gasteiger partial charge is 0.394 e. The number of allylic oxidation sites excluding steroid dienone is 1. The summed E-state index contributed by atoms with van der Waals surface area (Å²) in [4.78, 5) is 14.4. The molecule has 1 aliphatic heterocycles. The van der Waals surface area contributed by atoms with Crippen LogP contribution < -0.4 is 0 Å². The van der Waals surface area contributed by atoms with Crippen LogP contribution in [0, 0.1) is 0 Å². The molecule has 3 rings (SSSR count). The minimum absolute atomic E-state index is 0.264. The zero-order valence-corrected chi connectivity index (χ0v) is 13.4. The molecule has 0 aliphatic carbocycles. The molecule has 2 N–H and O–H groups in total. The van der Waals surface area contributed by atoms with Crippen LogP contribution in [0.5, 0.6) is 0 Å². The predicted molar refractivity (Wildman–Crippen MR) is 92.2 cm³/mol. The Kier molecular flexibility index (Phi) is 4.51. The van der Waals surface area contributed by atoms with Crippen molar-refractivity contribution >= 4 is 5.91 Å². The molecular weight excluding hydrogens is 302 g/mol. The van der Waals surface area contributed by atoms with E-state index in [-0.39, 0.29) is 12.5 Å². The molecule has 4 heteroatoms. The fraction of sp³-hybridized carbons (Fsp3) is 0.250. The number of hydrogen-bond acceptors (Lipinski definition) is 3. The van der Waals surface area contributed by atoms with E-state index in [0.717, 1.165) is 5.56 Å². The predicted octanol–water partition coefficient (Wildman–Crippen LogP) is 2.99. The lowest BCUT2D eigenvalue weighted by Crippen LogP contribution is -2.47. The number of rotatable bonds is 6. The van der Waals surface area contributed by atoms with Gasteiger partial charge in [0.1, 0.15) is 0 Å². The first-order valence-electron chi connectivity index (χ1n) is 8.05. The van der Waals surface area contributed by atoms with Crippen molar-refractivity contribution in [1.82, 2.24) is 4.90 Å². The minimum Gasteiger partial charge on any atom is -0.394 e. The third kappa shape index (κ3) is 2.54. The van der Waals surface area contributed by atoms with E-state index in [1.807, 2.05) is 36.4 Å². The number of carbonyl (C=O) groups is 1. The molecule has 0 unspecified atom stereocenters. The van der Waals surface area contributed by atoms with Gasteiger partial charge in [-0.3, -0.25) is 9.69 Å². The van der Waals surface area contributed by atoms with Crippen LogP contribution in [0.15, 0.2) is 67.3 Å². The van der Waals surface area contributed by atoms with E-state index in [4.69, 9.17) is 0 Å². The minimum atomic E-state index is -1.45. The molecule has 1 amide bonds. The zero-order valence-electron chi connectivity index (χ0n) is 13.4. The van der Waals surface area contributed by atoms with Gasteiger partial charge < -0.3 is 10.2 Å². The second-order valence-electron chi connectivity index (χ2n) is 5.97. The Morgan fingerprint density at radius 1 is 1.12 bits per heavy atom. The van der Waals surface area contributed by atoms with Crippen LogP contribution in [0.1, 0.15) is 40.4 Å². The van der Waals surface area contributed by atoms with Crippen molar-refractivity contribution in [2.24, 2.45) is 0 Å². The van der Waals surface area contributed by atoms with Gasteiger partial charge in [0.15, 0.2) is 5.72 Å². The summed E-state index contributed by atoms with van der Waals surface area (Å²) in [5.74, 6) is -0.264. The Morgan fingerprint density at radius 3 is 2.46 bits per heavy atom. The van der Waals surface area contributed by atoms with Crippen LogP contribution >= 0.6 is 0 Å². The van der Waals surface area contributed by atoms with E-state index in [2.05, 4.69) is 6.58 Å². The van der Waals surface area contributed by atoms with Gasteiger partial charge in [0.2, 0.25) is 0 Å². The van der Waals surface area contributed by atoms with Crippen LogP contribution in [-0.4, -0.2) is 27.6 Å². The average Bonchev–Trinajstić information content (AvgIpc) is 2.85. The van der Waals surface area contributed by atoms with Crippen molar-refractivity contribution in [3.05, 3.63) is 83.9 Å². The van der Waals surface area contributed by atoms with Crippen molar-refractivity contribution in [2.45, 2.75) is 24.6 Å². The Bertz CT molecular complexity index is 744. The van der Waals surface area contributed by atoms with Gasteiger partial charge in [0.05, 0.1) is 12.6 Å². The molecule has 0 saturated carbocycles. The summed E-state index contributed by atoms with van der Waals surface area (Å²) >= 11 is 0. The fourth-order valence-electron chi connectivity index (χ4n) is 3.42. The third-order valence-electron chi connectivity index (χ3n) is 4.57. The molecule has 0 bridgehead atoms. The lowest BCUT2D eigenvalue weighted by Gasteiger charge is -2.39. The topological polar surface area (TPSA) is 60.8 Å². The first kappa shape index (κ1) is 16.4. The van der Waals surface area contributed by atoms with Gasteiger partial charge in [-0.2, -0.15) is 0 Å². The van der Waals surface area contributed by atoms with Crippen molar-refractivity contribution in [1.29, 1.82) is 0 Å². The molecule has 124 valence electrons. The maximum atomic E-state index is 13.0. The lowest BCUT2D eigenvalue weighted by atomic mass is 9.95. The number of hydrogen-bond donors (Lipinski definition) is 2. The van der Waals surface area contributed by atoms with Crippen molar-refractivity contribution < 1.29 is 15.0 Å². The average molecular weight is 323 g/mol. The number of aliphatic hydroxyl groups is 2. The molecular formula is C20H21NO3. The molecule has 0 radical (unpaired) electrons. The number of benzene rings is 2.